The molecule has 2 N–H and O–H groups in total. The van der Waals surface area contributed by atoms with Crippen molar-refractivity contribution in [1.29, 1.82) is 0 Å². The molecule has 2 aromatic carbocycles. The molecule has 0 aliphatic carbocycles. The molecule has 30 heavy (non-hydrogen) atoms. The lowest BCUT2D eigenvalue weighted by atomic mass is 10.1. The van der Waals surface area contributed by atoms with Gasteiger partial charge in [-0.3, -0.25) is 9.98 Å². The van der Waals surface area contributed by atoms with Gasteiger partial charge in [0.1, 0.15) is 5.75 Å². The molecule has 3 aromatic rings. The van der Waals surface area contributed by atoms with Gasteiger partial charge in [0, 0.05) is 51.5 Å². The Balaban J connectivity index is 1.36. The lowest BCUT2D eigenvalue weighted by Gasteiger charge is -2.37. The Morgan fingerprint density at radius 3 is 2.53 bits per heavy atom. The number of rotatable bonds is 4. The number of anilines is 1. The van der Waals surface area contributed by atoms with Gasteiger partial charge in [0.05, 0.1) is 11.4 Å². The van der Waals surface area contributed by atoms with E-state index in [1.807, 2.05) is 49.6 Å². The Labute approximate surface area is 177 Å². The molecule has 0 unspecified atom stereocenters. The molecule has 4 rings (SSSR count). The summed E-state index contributed by atoms with van der Waals surface area (Å²) in [5, 5.41) is 13.6. The lowest BCUT2D eigenvalue weighted by Crippen LogP contribution is -2.52. The van der Waals surface area contributed by atoms with Crippen LogP contribution in [-0.2, 0) is 6.54 Å². The number of pyridine rings is 1. The third kappa shape index (κ3) is 4.54. The zero-order chi connectivity index (χ0) is 20.8. The predicted molar refractivity (Wildman–Crippen MR) is 122 cm³/mol. The minimum absolute atomic E-state index is 0.334. The zero-order valence-corrected chi connectivity index (χ0v) is 17.2. The van der Waals surface area contributed by atoms with Crippen molar-refractivity contribution in [3.05, 3.63) is 78.5 Å². The Morgan fingerprint density at radius 1 is 1.00 bits per heavy atom. The SMILES string of the molecule is CN=C(NCc1cccc(-c2ccccn2)c1)N1CCN(c2ccccc2O)CC1. The van der Waals surface area contributed by atoms with E-state index in [9.17, 15) is 5.11 Å². The minimum Gasteiger partial charge on any atom is -0.506 e. The first-order valence-corrected chi connectivity index (χ1v) is 10.2. The number of hydrogen-bond donors (Lipinski definition) is 2. The molecule has 2 heterocycles. The van der Waals surface area contributed by atoms with E-state index in [2.05, 4.69) is 49.4 Å². The van der Waals surface area contributed by atoms with Crippen molar-refractivity contribution in [3.8, 4) is 17.0 Å². The number of nitrogens with one attached hydrogen (secondary N) is 1. The lowest BCUT2D eigenvalue weighted by molar-refractivity contribution is 0.369. The second-order valence-electron chi connectivity index (χ2n) is 7.28. The van der Waals surface area contributed by atoms with Gasteiger partial charge in [-0.25, -0.2) is 0 Å². The van der Waals surface area contributed by atoms with Crippen LogP contribution >= 0.6 is 0 Å². The summed E-state index contributed by atoms with van der Waals surface area (Å²) < 4.78 is 0. The van der Waals surface area contributed by atoms with Gasteiger partial charge in [-0.1, -0.05) is 36.4 Å². The molecule has 1 aliphatic rings. The Morgan fingerprint density at radius 2 is 1.80 bits per heavy atom. The number of piperazine rings is 1. The Bertz CT molecular complexity index is 997. The molecule has 0 saturated carbocycles. The van der Waals surface area contributed by atoms with Crippen molar-refractivity contribution in [2.45, 2.75) is 6.54 Å². The van der Waals surface area contributed by atoms with E-state index in [0.29, 0.717) is 12.3 Å². The Hall–Kier alpha value is -3.54. The van der Waals surface area contributed by atoms with Crippen LogP contribution in [-0.4, -0.2) is 54.2 Å². The van der Waals surface area contributed by atoms with E-state index in [1.54, 1.807) is 6.07 Å². The summed E-state index contributed by atoms with van der Waals surface area (Å²) in [4.78, 5) is 13.4. The molecular formula is C24H27N5O. The molecule has 0 atom stereocenters. The van der Waals surface area contributed by atoms with Crippen molar-refractivity contribution >= 4 is 11.6 Å². The van der Waals surface area contributed by atoms with E-state index in [0.717, 1.165) is 49.1 Å². The van der Waals surface area contributed by atoms with Gasteiger partial charge in [-0.05, 0) is 35.9 Å². The number of benzene rings is 2. The summed E-state index contributed by atoms with van der Waals surface area (Å²) in [6, 6.07) is 21.9. The highest BCUT2D eigenvalue weighted by atomic mass is 16.3. The molecule has 0 spiro atoms. The number of phenols is 1. The molecule has 154 valence electrons. The number of aliphatic imine (C=N–C) groups is 1. The largest absolute Gasteiger partial charge is 0.506 e. The molecule has 1 aromatic heterocycles. The monoisotopic (exact) mass is 401 g/mol. The van der Waals surface area contributed by atoms with Crippen molar-refractivity contribution in [1.82, 2.24) is 15.2 Å². The third-order valence-corrected chi connectivity index (χ3v) is 5.35. The number of nitrogens with zero attached hydrogens (tertiary/aromatic N) is 4. The maximum Gasteiger partial charge on any atom is 0.194 e. The van der Waals surface area contributed by atoms with Crippen molar-refractivity contribution < 1.29 is 5.11 Å². The summed E-state index contributed by atoms with van der Waals surface area (Å²) in [5.74, 6) is 1.23. The quantitative estimate of drug-likeness (QED) is 0.519. The Kier molecular flexibility index (Phi) is 6.13. The molecular weight excluding hydrogens is 374 g/mol. The summed E-state index contributed by atoms with van der Waals surface area (Å²) >= 11 is 0. The summed E-state index contributed by atoms with van der Waals surface area (Å²) in [6.45, 7) is 4.08. The fraction of sp³-hybridized carbons (Fsp3) is 0.250. The molecule has 6 nitrogen and oxygen atoms in total. The summed E-state index contributed by atoms with van der Waals surface area (Å²) in [6.07, 6.45) is 1.82. The van der Waals surface area contributed by atoms with Gasteiger partial charge in [0.25, 0.3) is 0 Å². The zero-order valence-electron chi connectivity index (χ0n) is 17.2. The van der Waals surface area contributed by atoms with E-state index < -0.39 is 0 Å². The van der Waals surface area contributed by atoms with Crippen LogP contribution in [0, 0.1) is 0 Å². The number of phenolic OH excluding ortho intramolecular Hbond substituents is 1. The maximum absolute atomic E-state index is 10.1. The van der Waals surface area contributed by atoms with Crippen molar-refractivity contribution in [2.24, 2.45) is 4.99 Å². The first kappa shape index (κ1) is 19.8. The summed E-state index contributed by atoms with van der Waals surface area (Å²) in [5.41, 5.74) is 4.17. The van der Waals surface area contributed by atoms with E-state index in [4.69, 9.17) is 0 Å². The highest BCUT2D eigenvalue weighted by Gasteiger charge is 2.21. The summed E-state index contributed by atoms with van der Waals surface area (Å²) in [7, 11) is 1.82. The number of aromatic hydroxyl groups is 1. The number of guanidine groups is 1. The normalized spacial score (nSPS) is 14.6. The van der Waals surface area contributed by atoms with E-state index in [-0.39, 0.29) is 0 Å². The second kappa shape index (κ2) is 9.31. The van der Waals surface area contributed by atoms with Gasteiger partial charge in [0.15, 0.2) is 5.96 Å². The van der Waals surface area contributed by atoms with Gasteiger partial charge >= 0.3 is 0 Å². The molecule has 0 bridgehead atoms. The van der Waals surface area contributed by atoms with E-state index in [1.165, 1.54) is 5.56 Å². The number of para-hydroxylation sites is 2. The average Bonchev–Trinajstić information content (AvgIpc) is 2.81. The molecule has 0 radical (unpaired) electrons. The first-order valence-electron chi connectivity index (χ1n) is 10.2. The van der Waals surface area contributed by atoms with Crippen LogP contribution in [0.1, 0.15) is 5.56 Å². The van der Waals surface area contributed by atoms with Crippen LogP contribution in [0.2, 0.25) is 0 Å². The predicted octanol–water partition coefficient (Wildman–Crippen LogP) is 3.35. The van der Waals surface area contributed by atoms with Crippen LogP contribution in [0.25, 0.3) is 11.3 Å². The molecule has 1 saturated heterocycles. The minimum atomic E-state index is 0.334. The highest BCUT2D eigenvalue weighted by molar-refractivity contribution is 5.80. The number of aromatic nitrogens is 1. The fourth-order valence-electron chi connectivity index (χ4n) is 3.78. The van der Waals surface area contributed by atoms with Gasteiger partial charge in [-0.2, -0.15) is 0 Å². The van der Waals surface area contributed by atoms with E-state index >= 15 is 0 Å². The first-order chi connectivity index (χ1) is 14.7. The highest BCUT2D eigenvalue weighted by Crippen LogP contribution is 2.27. The molecule has 6 heteroatoms. The van der Waals surface area contributed by atoms with Gasteiger partial charge < -0.3 is 20.2 Å². The van der Waals surface area contributed by atoms with Crippen molar-refractivity contribution in [2.75, 3.05) is 38.1 Å². The average molecular weight is 402 g/mol. The molecule has 1 fully saturated rings. The third-order valence-electron chi connectivity index (χ3n) is 5.35. The maximum atomic E-state index is 10.1. The van der Waals surface area contributed by atoms with Crippen LogP contribution in [0.15, 0.2) is 77.9 Å². The topological polar surface area (TPSA) is 64.0 Å². The van der Waals surface area contributed by atoms with Crippen LogP contribution in [0.5, 0.6) is 5.75 Å². The fourth-order valence-corrected chi connectivity index (χ4v) is 3.78. The second-order valence-corrected chi connectivity index (χ2v) is 7.28. The molecule has 1 aliphatic heterocycles. The van der Waals surface area contributed by atoms with Gasteiger partial charge in [-0.15, -0.1) is 0 Å². The van der Waals surface area contributed by atoms with Crippen LogP contribution in [0.4, 0.5) is 5.69 Å². The van der Waals surface area contributed by atoms with Gasteiger partial charge in [0.2, 0.25) is 0 Å². The van der Waals surface area contributed by atoms with Crippen LogP contribution < -0.4 is 10.2 Å². The standard InChI is InChI=1S/C24H27N5O/c1-25-24(29-15-13-28(14-16-29)22-10-2-3-11-23(22)30)27-18-19-7-6-8-20(17-19)21-9-4-5-12-26-21/h2-12,17,30H,13-16,18H2,1H3,(H,25,27). The van der Waals surface area contributed by atoms with Crippen LogP contribution in [0.3, 0.4) is 0 Å². The smallest absolute Gasteiger partial charge is 0.194 e. The van der Waals surface area contributed by atoms with Crippen molar-refractivity contribution in [3.63, 3.8) is 0 Å². The number of hydrogen-bond acceptors (Lipinski definition) is 4. The molecule has 0 amide bonds.